The number of likely N-dealkylation sites (tertiary alicyclic amines) is 1. The fourth-order valence-electron chi connectivity index (χ4n) is 3.46. The first-order chi connectivity index (χ1) is 12.0. The van der Waals surface area contributed by atoms with Crippen molar-refractivity contribution in [3.8, 4) is 0 Å². The van der Waals surface area contributed by atoms with Crippen molar-refractivity contribution in [2.24, 2.45) is 0 Å². The summed E-state index contributed by atoms with van der Waals surface area (Å²) in [7, 11) is -3.58. The van der Waals surface area contributed by atoms with Gasteiger partial charge in [0.15, 0.2) is 5.76 Å². The van der Waals surface area contributed by atoms with Crippen molar-refractivity contribution in [2.75, 3.05) is 26.2 Å². The summed E-state index contributed by atoms with van der Waals surface area (Å²) in [6, 6.07) is 6.65. The van der Waals surface area contributed by atoms with E-state index in [0.717, 1.165) is 0 Å². The van der Waals surface area contributed by atoms with Crippen LogP contribution in [0, 0.1) is 0 Å². The maximum absolute atomic E-state index is 12.9. The van der Waals surface area contributed by atoms with Gasteiger partial charge in [-0.05, 0) is 23.6 Å². The minimum absolute atomic E-state index is 0.175. The number of nitrogens with zero attached hydrogens (tertiary/aromatic N) is 2. The lowest BCUT2D eigenvalue weighted by molar-refractivity contribution is -0.0858. The molecule has 1 amide bonds. The van der Waals surface area contributed by atoms with Crippen molar-refractivity contribution in [3.05, 3.63) is 41.7 Å². The minimum atomic E-state index is -3.58. The van der Waals surface area contributed by atoms with Crippen LogP contribution in [0.3, 0.4) is 0 Å². The highest BCUT2D eigenvalue weighted by atomic mass is 32.2. The first-order valence-electron chi connectivity index (χ1n) is 8.06. The highest BCUT2D eigenvalue weighted by Crippen LogP contribution is 2.39. The number of amides is 1. The zero-order chi connectivity index (χ0) is 17.5. The maximum Gasteiger partial charge on any atom is 0.289 e. The Morgan fingerprint density at radius 3 is 2.60 bits per heavy atom. The molecule has 2 aromatic heterocycles. The van der Waals surface area contributed by atoms with Gasteiger partial charge in [-0.3, -0.25) is 4.79 Å². The fourth-order valence-corrected chi connectivity index (χ4v) is 6.29. The van der Waals surface area contributed by atoms with Crippen LogP contribution < -0.4 is 0 Å². The molecule has 1 spiro atoms. The Labute approximate surface area is 149 Å². The molecule has 25 heavy (non-hydrogen) atoms. The summed E-state index contributed by atoms with van der Waals surface area (Å²) in [4.78, 5) is 14.1. The molecular weight excluding hydrogens is 364 g/mol. The minimum Gasteiger partial charge on any atom is -0.459 e. The van der Waals surface area contributed by atoms with Crippen LogP contribution in [-0.2, 0) is 14.8 Å². The fraction of sp³-hybridized carbons (Fsp3) is 0.438. The monoisotopic (exact) mass is 382 g/mol. The molecule has 134 valence electrons. The predicted octanol–water partition coefficient (Wildman–Crippen LogP) is 1.99. The van der Waals surface area contributed by atoms with Gasteiger partial charge in [0.2, 0.25) is 0 Å². The van der Waals surface area contributed by atoms with Gasteiger partial charge in [0.25, 0.3) is 15.9 Å². The van der Waals surface area contributed by atoms with Crippen molar-refractivity contribution in [2.45, 2.75) is 22.8 Å². The Kier molecular flexibility index (Phi) is 4.19. The standard InChI is InChI=1S/C16H18N2O5S2/c19-15(13-3-1-10-22-13)17-7-5-16(6-8-17)18(9-11-23-16)25(20,21)14-4-2-12-24-14/h1-4,10,12H,5-9,11H2. The molecule has 2 saturated heterocycles. The second-order valence-corrected chi connectivity index (χ2v) is 9.11. The number of hydrogen-bond donors (Lipinski definition) is 0. The molecule has 0 aromatic carbocycles. The topological polar surface area (TPSA) is 80.1 Å². The van der Waals surface area contributed by atoms with Gasteiger partial charge in [-0.1, -0.05) is 6.07 Å². The van der Waals surface area contributed by atoms with E-state index in [4.69, 9.17) is 9.15 Å². The lowest BCUT2D eigenvalue weighted by Crippen LogP contribution is -2.55. The smallest absolute Gasteiger partial charge is 0.289 e. The van der Waals surface area contributed by atoms with E-state index in [1.54, 1.807) is 34.5 Å². The molecule has 2 aromatic rings. The van der Waals surface area contributed by atoms with Crippen LogP contribution in [0.2, 0.25) is 0 Å². The summed E-state index contributed by atoms with van der Waals surface area (Å²) in [5, 5.41) is 1.75. The second-order valence-electron chi connectivity index (χ2n) is 6.07. The van der Waals surface area contributed by atoms with E-state index in [1.807, 2.05) is 0 Å². The number of carbonyl (C=O) groups is 1. The molecule has 4 rings (SSSR count). The molecule has 0 radical (unpaired) electrons. The third kappa shape index (κ3) is 2.80. The average molecular weight is 382 g/mol. The SMILES string of the molecule is O=C(c1ccco1)N1CCC2(CC1)OCCN2S(=O)(=O)c1cccs1. The maximum atomic E-state index is 12.9. The van der Waals surface area contributed by atoms with Crippen LogP contribution in [0.4, 0.5) is 0 Å². The summed E-state index contributed by atoms with van der Waals surface area (Å²) in [5.41, 5.74) is -0.858. The zero-order valence-electron chi connectivity index (χ0n) is 13.5. The van der Waals surface area contributed by atoms with E-state index >= 15 is 0 Å². The van der Waals surface area contributed by atoms with E-state index in [0.29, 0.717) is 49.1 Å². The van der Waals surface area contributed by atoms with E-state index in [2.05, 4.69) is 0 Å². The van der Waals surface area contributed by atoms with E-state index in [-0.39, 0.29) is 5.91 Å². The van der Waals surface area contributed by atoms with Gasteiger partial charge in [-0.25, -0.2) is 8.42 Å². The van der Waals surface area contributed by atoms with Crippen molar-refractivity contribution < 1.29 is 22.4 Å². The Balaban J connectivity index is 1.52. The predicted molar refractivity (Wildman–Crippen MR) is 90.7 cm³/mol. The van der Waals surface area contributed by atoms with Gasteiger partial charge in [0.1, 0.15) is 9.93 Å². The van der Waals surface area contributed by atoms with Gasteiger partial charge in [0.05, 0.1) is 12.9 Å². The van der Waals surface area contributed by atoms with Crippen LogP contribution in [0.25, 0.3) is 0 Å². The van der Waals surface area contributed by atoms with E-state index in [9.17, 15) is 13.2 Å². The number of thiophene rings is 1. The average Bonchev–Trinajstić information content (AvgIpc) is 3.36. The molecular formula is C16H18N2O5S2. The molecule has 0 bridgehead atoms. The van der Waals surface area contributed by atoms with Gasteiger partial charge in [-0.15, -0.1) is 11.3 Å². The summed E-state index contributed by atoms with van der Waals surface area (Å²) in [6.45, 7) is 1.56. The molecule has 2 aliphatic heterocycles. The van der Waals surface area contributed by atoms with Gasteiger partial charge >= 0.3 is 0 Å². The first kappa shape index (κ1) is 16.8. The number of rotatable bonds is 3. The third-order valence-corrected chi connectivity index (χ3v) is 8.05. The lowest BCUT2D eigenvalue weighted by Gasteiger charge is -2.42. The normalized spacial score (nSPS) is 21.0. The number of piperidine rings is 1. The van der Waals surface area contributed by atoms with Gasteiger partial charge in [0, 0.05) is 32.5 Å². The van der Waals surface area contributed by atoms with Gasteiger partial charge < -0.3 is 14.1 Å². The van der Waals surface area contributed by atoms with E-state index < -0.39 is 15.7 Å². The first-order valence-corrected chi connectivity index (χ1v) is 10.4. The summed E-state index contributed by atoms with van der Waals surface area (Å²) in [5.74, 6) is 0.122. The Morgan fingerprint density at radius 2 is 1.96 bits per heavy atom. The van der Waals surface area contributed by atoms with Crippen LogP contribution in [0.1, 0.15) is 23.4 Å². The number of ether oxygens (including phenoxy) is 1. The van der Waals surface area contributed by atoms with Crippen LogP contribution in [0.15, 0.2) is 44.5 Å². The molecule has 2 fully saturated rings. The quantitative estimate of drug-likeness (QED) is 0.811. The molecule has 2 aliphatic rings. The van der Waals surface area contributed by atoms with Gasteiger partial charge in [-0.2, -0.15) is 4.31 Å². The number of carbonyl (C=O) groups excluding carboxylic acids is 1. The van der Waals surface area contributed by atoms with Crippen LogP contribution >= 0.6 is 11.3 Å². The van der Waals surface area contributed by atoms with Crippen LogP contribution in [0.5, 0.6) is 0 Å². The van der Waals surface area contributed by atoms with Crippen molar-refractivity contribution in [1.82, 2.24) is 9.21 Å². The summed E-state index contributed by atoms with van der Waals surface area (Å²) >= 11 is 1.21. The molecule has 0 atom stereocenters. The van der Waals surface area contributed by atoms with E-state index in [1.165, 1.54) is 21.9 Å². The third-order valence-electron chi connectivity index (χ3n) is 4.72. The largest absolute Gasteiger partial charge is 0.459 e. The number of sulfonamides is 1. The van der Waals surface area contributed by atoms with Crippen molar-refractivity contribution in [1.29, 1.82) is 0 Å². The number of hydrogen-bond acceptors (Lipinski definition) is 6. The number of furan rings is 1. The van der Waals surface area contributed by atoms with Crippen molar-refractivity contribution in [3.63, 3.8) is 0 Å². The van der Waals surface area contributed by atoms with Crippen LogP contribution in [-0.4, -0.2) is 55.5 Å². The highest BCUT2D eigenvalue weighted by Gasteiger charge is 2.51. The van der Waals surface area contributed by atoms with Crippen molar-refractivity contribution >= 4 is 27.3 Å². The molecule has 4 heterocycles. The Morgan fingerprint density at radius 1 is 1.16 bits per heavy atom. The molecule has 7 nitrogen and oxygen atoms in total. The lowest BCUT2D eigenvalue weighted by atomic mass is 10.0. The zero-order valence-corrected chi connectivity index (χ0v) is 15.1. The highest BCUT2D eigenvalue weighted by molar-refractivity contribution is 7.91. The summed E-state index contributed by atoms with van der Waals surface area (Å²) in [6.07, 6.45) is 2.36. The second kappa shape index (κ2) is 6.24. The Hall–Kier alpha value is -1.68. The molecule has 0 N–H and O–H groups in total. The molecule has 0 saturated carbocycles. The molecule has 0 aliphatic carbocycles. The Bertz CT molecular complexity index is 837. The molecule has 0 unspecified atom stereocenters. The molecule has 9 heteroatoms. The summed E-state index contributed by atoms with van der Waals surface area (Å²) < 4.78 is 38.7.